The Morgan fingerprint density at radius 1 is 1.29 bits per heavy atom. The molecule has 28 heavy (non-hydrogen) atoms. The highest BCUT2D eigenvalue weighted by Gasteiger charge is 2.36. The molecule has 1 aliphatic rings. The Morgan fingerprint density at radius 2 is 2.18 bits per heavy atom. The van der Waals surface area contributed by atoms with Crippen LogP contribution in [0.4, 0.5) is 0 Å². The van der Waals surface area contributed by atoms with Gasteiger partial charge in [0.25, 0.3) is 5.91 Å². The average molecular weight is 372 g/mol. The van der Waals surface area contributed by atoms with E-state index >= 15 is 0 Å². The minimum Gasteiger partial charge on any atom is -0.451 e. The lowest BCUT2D eigenvalue weighted by Crippen LogP contribution is -2.40. The monoisotopic (exact) mass is 372 g/mol. The molecule has 0 fully saturated rings. The quantitative estimate of drug-likeness (QED) is 0.578. The average Bonchev–Trinajstić information content (AvgIpc) is 3.32. The Labute approximate surface area is 162 Å². The summed E-state index contributed by atoms with van der Waals surface area (Å²) in [6.07, 6.45) is 5.95. The molecular weight excluding hydrogens is 352 g/mol. The maximum atomic E-state index is 13.6. The number of aromatic amines is 1. The van der Waals surface area contributed by atoms with E-state index in [1.54, 1.807) is 18.7 Å². The fourth-order valence-corrected chi connectivity index (χ4v) is 4.04. The Balaban J connectivity index is 1.61. The van der Waals surface area contributed by atoms with Gasteiger partial charge >= 0.3 is 0 Å². The summed E-state index contributed by atoms with van der Waals surface area (Å²) in [6.45, 7) is 4.57. The standard InChI is InChI=1S/C22H20N4O2/c1-13-5-6-18-16(10-13)14(2)21(28-18)22(27)26-9-7-17-19(25-12-24-17)20(26)15-4-3-8-23-11-15/h3-6,8,10-12,20H,7,9H2,1-2H3,(H,24,25)/t20-/m0/s1. The van der Waals surface area contributed by atoms with Crippen LogP contribution < -0.4 is 0 Å². The zero-order valence-corrected chi connectivity index (χ0v) is 15.8. The van der Waals surface area contributed by atoms with Crippen LogP contribution in [0.3, 0.4) is 0 Å². The number of benzene rings is 1. The summed E-state index contributed by atoms with van der Waals surface area (Å²) in [7, 11) is 0. The van der Waals surface area contributed by atoms with Crippen LogP contribution in [0, 0.1) is 13.8 Å². The van der Waals surface area contributed by atoms with Crippen molar-refractivity contribution < 1.29 is 9.21 Å². The molecule has 1 amide bonds. The molecular formula is C22H20N4O2. The molecule has 0 spiro atoms. The van der Waals surface area contributed by atoms with E-state index in [-0.39, 0.29) is 11.9 Å². The maximum Gasteiger partial charge on any atom is 0.290 e. The number of carbonyl (C=O) groups excluding carboxylic acids is 1. The molecule has 0 saturated carbocycles. The van der Waals surface area contributed by atoms with Crippen molar-refractivity contribution in [3.63, 3.8) is 0 Å². The van der Waals surface area contributed by atoms with E-state index in [0.717, 1.165) is 45.5 Å². The fraction of sp³-hybridized carbons (Fsp3) is 0.227. The summed E-state index contributed by atoms with van der Waals surface area (Å²) in [4.78, 5) is 27.4. The number of rotatable bonds is 2. The topological polar surface area (TPSA) is 75.0 Å². The first-order valence-electron chi connectivity index (χ1n) is 9.36. The first-order chi connectivity index (χ1) is 13.6. The summed E-state index contributed by atoms with van der Waals surface area (Å²) in [5.74, 6) is 0.280. The van der Waals surface area contributed by atoms with Gasteiger partial charge in [-0.3, -0.25) is 9.78 Å². The van der Waals surface area contributed by atoms with Gasteiger partial charge in [0.1, 0.15) is 11.6 Å². The molecule has 0 radical (unpaired) electrons. The predicted octanol–water partition coefficient (Wildman–Crippen LogP) is 3.96. The van der Waals surface area contributed by atoms with E-state index in [1.807, 2.05) is 43.0 Å². The van der Waals surface area contributed by atoms with E-state index in [0.29, 0.717) is 12.3 Å². The maximum absolute atomic E-state index is 13.6. The van der Waals surface area contributed by atoms with Crippen LogP contribution in [0.1, 0.15) is 44.7 Å². The second-order valence-corrected chi connectivity index (χ2v) is 7.26. The summed E-state index contributed by atoms with van der Waals surface area (Å²) in [6, 6.07) is 9.56. The number of nitrogens with one attached hydrogen (secondary N) is 1. The lowest BCUT2D eigenvalue weighted by atomic mass is 9.96. The van der Waals surface area contributed by atoms with Crippen molar-refractivity contribution in [2.45, 2.75) is 26.3 Å². The largest absolute Gasteiger partial charge is 0.451 e. The van der Waals surface area contributed by atoms with Crippen LogP contribution in [-0.4, -0.2) is 32.3 Å². The first kappa shape index (κ1) is 16.7. The molecule has 1 aliphatic heterocycles. The van der Waals surface area contributed by atoms with Crippen molar-refractivity contribution in [2.75, 3.05) is 6.54 Å². The number of furan rings is 1. The second-order valence-electron chi connectivity index (χ2n) is 7.26. The number of amides is 1. The smallest absolute Gasteiger partial charge is 0.290 e. The van der Waals surface area contributed by atoms with Crippen molar-refractivity contribution in [2.24, 2.45) is 0 Å². The van der Waals surface area contributed by atoms with Gasteiger partial charge < -0.3 is 14.3 Å². The van der Waals surface area contributed by atoms with Gasteiger partial charge in [-0.1, -0.05) is 17.7 Å². The zero-order chi connectivity index (χ0) is 19.3. The van der Waals surface area contributed by atoms with Crippen LogP contribution in [0.25, 0.3) is 11.0 Å². The van der Waals surface area contributed by atoms with Gasteiger partial charge in [-0.2, -0.15) is 0 Å². The number of aryl methyl sites for hydroxylation is 2. The number of imidazole rings is 1. The Morgan fingerprint density at radius 3 is 3.00 bits per heavy atom. The van der Waals surface area contributed by atoms with Crippen molar-refractivity contribution in [1.29, 1.82) is 0 Å². The zero-order valence-electron chi connectivity index (χ0n) is 15.8. The Hall–Kier alpha value is -3.41. The molecule has 6 heteroatoms. The summed E-state index contributed by atoms with van der Waals surface area (Å²) in [5.41, 5.74) is 5.63. The highest BCUT2D eigenvalue weighted by atomic mass is 16.3. The van der Waals surface area contributed by atoms with Crippen molar-refractivity contribution in [1.82, 2.24) is 19.9 Å². The summed E-state index contributed by atoms with van der Waals surface area (Å²) < 4.78 is 5.99. The number of nitrogens with zero attached hydrogens (tertiary/aromatic N) is 3. The van der Waals surface area contributed by atoms with Crippen molar-refractivity contribution in [3.05, 3.63) is 82.9 Å². The SMILES string of the molecule is Cc1ccc2oc(C(=O)N3CCc4[nH]cnc4[C@@H]3c3cccnc3)c(C)c2c1. The molecule has 140 valence electrons. The number of pyridine rings is 1. The lowest BCUT2D eigenvalue weighted by Gasteiger charge is -2.34. The number of hydrogen-bond donors (Lipinski definition) is 1. The third kappa shape index (κ3) is 2.52. The van der Waals surface area contributed by atoms with Crippen molar-refractivity contribution >= 4 is 16.9 Å². The van der Waals surface area contributed by atoms with Gasteiger partial charge in [0, 0.05) is 42.0 Å². The van der Waals surface area contributed by atoms with Crippen LogP contribution in [0.5, 0.6) is 0 Å². The minimum absolute atomic E-state index is 0.117. The van der Waals surface area contributed by atoms with Crippen molar-refractivity contribution in [3.8, 4) is 0 Å². The molecule has 0 saturated heterocycles. The van der Waals surface area contributed by atoms with E-state index in [4.69, 9.17) is 4.42 Å². The number of fused-ring (bicyclic) bond motifs is 2. The molecule has 4 heterocycles. The Kier molecular flexibility index (Phi) is 3.79. The molecule has 1 aromatic carbocycles. The molecule has 3 aromatic heterocycles. The van der Waals surface area contributed by atoms with Crippen LogP contribution >= 0.6 is 0 Å². The molecule has 4 aromatic rings. The highest BCUT2D eigenvalue weighted by Crippen LogP contribution is 2.36. The van der Waals surface area contributed by atoms with E-state index < -0.39 is 0 Å². The molecule has 0 bridgehead atoms. The molecule has 1 N–H and O–H groups in total. The van der Waals surface area contributed by atoms with Gasteiger partial charge in [0.05, 0.1) is 12.0 Å². The molecule has 0 aliphatic carbocycles. The van der Waals surface area contributed by atoms with E-state index in [2.05, 4.69) is 21.0 Å². The first-order valence-corrected chi connectivity index (χ1v) is 9.36. The Bertz CT molecular complexity index is 1180. The normalized spacial score (nSPS) is 16.4. The lowest BCUT2D eigenvalue weighted by molar-refractivity contribution is 0.0659. The number of aromatic nitrogens is 3. The van der Waals surface area contributed by atoms with Gasteiger partial charge in [-0.15, -0.1) is 0 Å². The number of H-pyrrole nitrogens is 1. The van der Waals surface area contributed by atoms with Crippen LogP contribution in [0.2, 0.25) is 0 Å². The predicted molar refractivity (Wildman–Crippen MR) is 105 cm³/mol. The van der Waals surface area contributed by atoms with Gasteiger partial charge in [0.2, 0.25) is 0 Å². The minimum atomic E-state index is -0.287. The van der Waals surface area contributed by atoms with E-state index in [9.17, 15) is 4.79 Å². The molecule has 5 rings (SSSR count). The van der Waals surface area contributed by atoms with Gasteiger partial charge in [0.15, 0.2) is 5.76 Å². The number of hydrogen-bond acceptors (Lipinski definition) is 4. The third-order valence-corrected chi connectivity index (χ3v) is 5.47. The summed E-state index contributed by atoms with van der Waals surface area (Å²) >= 11 is 0. The van der Waals surface area contributed by atoms with Crippen LogP contribution in [-0.2, 0) is 6.42 Å². The van der Waals surface area contributed by atoms with Gasteiger partial charge in [-0.25, -0.2) is 4.98 Å². The third-order valence-electron chi connectivity index (χ3n) is 5.47. The number of carbonyl (C=O) groups is 1. The second kappa shape index (κ2) is 6.34. The van der Waals surface area contributed by atoms with Crippen LogP contribution in [0.15, 0.2) is 53.5 Å². The molecule has 6 nitrogen and oxygen atoms in total. The van der Waals surface area contributed by atoms with Gasteiger partial charge in [-0.05, 0) is 37.6 Å². The van der Waals surface area contributed by atoms with E-state index in [1.165, 1.54) is 0 Å². The molecule has 1 atom stereocenters. The fourth-order valence-electron chi connectivity index (χ4n) is 4.04. The highest BCUT2D eigenvalue weighted by molar-refractivity contribution is 5.99. The molecule has 0 unspecified atom stereocenters. The summed E-state index contributed by atoms with van der Waals surface area (Å²) in [5, 5.41) is 0.985.